The number of oxime groups is 1. The Morgan fingerprint density at radius 2 is 1.92 bits per heavy atom. The minimum absolute atomic E-state index is 0.00651. The molecule has 2 rings (SSSR count). The third-order valence-corrected chi connectivity index (χ3v) is 5.51. The predicted octanol–water partition coefficient (Wildman–Crippen LogP) is 1.13. The van der Waals surface area contributed by atoms with Gasteiger partial charge in [0.25, 0.3) is 5.91 Å². The first-order chi connectivity index (χ1) is 12.1. The molecule has 1 aromatic rings. The third kappa shape index (κ3) is 4.51. The Kier molecular flexibility index (Phi) is 5.89. The van der Waals surface area contributed by atoms with Crippen molar-refractivity contribution in [2.75, 3.05) is 13.7 Å². The number of nitrogens with one attached hydrogen (secondary N) is 1. The monoisotopic (exact) mass is 385 g/mol. The molecule has 0 aromatic heterocycles. The molecule has 0 unspecified atom stereocenters. The van der Waals surface area contributed by atoms with E-state index < -0.39 is 27.6 Å². The average molecular weight is 385 g/mol. The second-order valence-corrected chi connectivity index (χ2v) is 8.67. The molecular weight excluding hydrogens is 362 g/mol. The molecule has 2 N–H and O–H groups in total. The van der Waals surface area contributed by atoms with Crippen LogP contribution in [0.3, 0.4) is 0 Å². The van der Waals surface area contributed by atoms with Crippen LogP contribution in [0.25, 0.3) is 0 Å². The van der Waals surface area contributed by atoms with E-state index in [1.165, 1.54) is 36.9 Å². The Morgan fingerprint density at radius 1 is 1.31 bits per heavy atom. The first-order valence-corrected chi connectivity index (χ1v) is 9.36. The van der Waals surface area contributed by atoms with Crippen molar-refractivity contribution in [1.29, 1.82) is 0 Å². The van der Waals surface area contributed by atoms with Crippen LogP contribution in [0.4, 0.5) is 0 Å². The van der Waals surface area contributed by atoms with Crippen molar-refractivity contribution >= 4 is 21.6 Å². The first-order valence-electron chi connectivity index (χ1n) is 7.92. The summed E-state index contributed by atoms with van der Waals surface area (Å²) in [5, 5.41) is 12.9. The smallest absolute Gasteiger partial charge is 0.262 e. The van der Waals surface area contributed by atoms with E-state index in [0.717, 1.165) is 4.31 Å². The van der Waals surface area contributed by atoms with Gasteiger partial charge in [-0.3, -0.25) is 10.0 Å². The standard InChI is InChI=1S/C16H23N3O6S/c1-16(2,3)25-18-11-9-14(15(20)17-21)19(10-11)26(22,23)13-7-5-12(24-4)6-8-13/h5-8,14,21H,9-10H2,1-4H3,(H,17,20)/b18-11-/t14-/m0/s1. The minimum Gasteiger partial charge on any atom is -0.497 e. The lowest BCUT2D eigenvalue weighted by Crippen LogP contribution is -2.45. The summed E-state index contributed by atoms with van der Waals surface area (Å²) >= 11 is 0. The number of rotatable bonds is 5. The molecule has 0 radical (unpaired) electrons. The van der Waals surface area contributed by atoms with Crippen molar-refractivity contribution in [2.24, 2.45) is 5.16 Å². The van der Waals surface area contributed by atoms with Gasteiger partial charge in [-0.05, 0) is 45.0 Å². The van der Waals surface area contributed by atoms with Gasteiger partial charge in [0.1, 0.15) is 17.4 Å². The Bertz CT molecular complexity index is 783. The summed E-state index contributed by atoms with van der Waals surface area (Å²) in [7, 11) is -2.51. The summed E-state index contributed by atoms with van der Waals surface area (Å²) in [4.78, 5) is 17.3. The van der Waals surface area contributed by atoms with Gasteiger partial charge in [0.05, 0.1) is 24.3 Å². The maximum Gasteiger partial charge on any atom is 0.262 e. The normalized spacial score (nSPS) is 20.2. The molecule has 26 heavy (non-hydrogen) atoms. The van der Waals surface area contributed by atoms with Crippen LogP contribution in [0.15, 0.2) is 34.3 Å². The highest BCUT2D eigenvalue weighted by molar-refractivity contribution is 7.89. The summed E-state index contributed by atoms with van der Waals surface area (Å²) < 4.78 is 31.9. The molecule has 0 saturated carbocycles. The molecule has 144 valence electrons. The Balaban J connectivity index is 2.34. The number of sulfonamides is 1. The van der Waals surface area contributed by atoms with Crippen LogP contribution in [0.2, 0.25) is 0 Å². The van der Waals surface area contributed by atoms with E-state index in [0.29, 0.717) is 11.5 Å². The van der Waals surface area contributed by atoms with Gasteiger partial charge in [-0.15, -0.1) is 0 Å². The van der Waals surface area contributed by atoms with Crippen molar-refractivity contribution < 1.29 is 28.0 Å². The van der Waals surface area contributed by atoms with Gasteiger partial charge < -0.3 is 9.57 Å². The highest BCUT2D eigenvalue weighted by Gasteiger charge is 2.43. The molecule has 9 nitrogen and oxygen atoms in total. The van der Waals surface area contributed by atoms with Crippen molar-refractivity contribution in [1.82, 2.24) is 9.79 Å². The van der Waals surface area contributed by atoms with Gasteiger partial charge in [-0.2, -0.15) is 4.31 Å². The number of methoxy groups -OCH3 is 1. The largest absolute Gasteiger partial charge is 0.497 e. The maximum absolute atomic E-state index is 12.9. The number of ether oxygens (including phenoxy) is 1. The summed E-state index contributed by atoms with van der Waals surface area (Å²) in [5.41, 5.74) is 1.35. The Labute approximate surface area is 152 Å². The van der Waals surface area contributed by atoms with E-state index in [1.807, 2.05) is 0 Å². The zero-order valence-electron chi connectivity index (χ0n) is 15.1. The number of carbonyl (C=O) groups is 1. The van der Waals surface area contributed by atoms with E-state index >= 15 is 0 Å². The predicted molar refractivity (Wildman–Crippen MR) is 93.5 cm³/mol. The summed E-state index contributed by atoms with van der Waals surface area (Å²) in [6, 6.07) is 4.70. The van der Waals surface area contributed by atoms with Crippen LogP contribution >= 0.6 is 0 Å². The molecule has 1 aromatic carbocycles. The first kappa shape index (κ1) is 20.1. The number of hydrogen-bond acceptors (Lipinski definition) is 7. The minimum atomic E-state index is -3.99. The molecule has 0 bridgehead atoms. The molecule has 1 aliphatic rings. The molecular formula is C16H23N3O6S. The molecule has 0 aliphatic carbocycles. The molecule has 1 amide bonds. The lowest BCUT2D eigenvalue weighted by atomic mass is 10.2. The number of amides is 1. The second kappa shape index (κ2) is 7.60. The second-order valence-electron chi connectivity index (χ2n) is 6.78. The number of hydroxylamine groups is 1. The lowest BCUT2D eigenvalue weighted by molar-refractivity contribution is -0.132. The highest BCUT2D eigenvalue weighted by Crippen LogP contribution is 2.27. The quantitative estimate of drug-likeness (QED) is 0.580. The highest BCUT2D eigenvalue weighted by atomic mass is 32.2. The average Bonchev–Trinajstić information content (AvgIpc) is 3.04. The van der Waals surface area contributed by atoms with Gasteiger partial charge in [0, 0.05) is 6.42 Å². The molecule has 1 atom stereocenters. The topological polar surface area (TPSA) is 118 Å². The van der Waals surface area contributed by atoms with E-state index in [-0.39, 0.29) is 17.9 Å². The fraction of sp³-hybridized carbons (Fsp3) is 0.500. The molecule has 0 spiro atoms. The van der Waals surface area contributed by atoms with Crippen molar-refractivity contribution in [3.05, 3.63) is 24.3 Å². The fourth-order valence-electron chi connectivity index (χ4n) is 2.38. The van der Waals surface area contributed by atoms with Crippen molar-refractivity contribution in [3.8, 4) is 5.75 Å². The SMILES string of the molecule is COc1ccc(S(=O)(=O)N2C/C(=N\OC(C)(C)C)C[C@H]2C(=O)NO)cc1. The van der Waals surface area contributed by atoms with E-state index in [4.69, 9.17) is 14.8 Å². The molecule has 1 heterocycles. The zero-order valence-corrected chi connectivity index (χ0v) is 15.9. The van der Waals surface area contributed by atoms with E-state index in [2.05, 4.69) is 5.16 Å². The van der Waals surface area contributed by atoms with Gasteiger partial charge in [0.15, 0.2) is 0 Å². The summed E-state index contributed by atoms with van der Waals surface area (Å²) in [6.07, 6.45) is 0.0257. The Hall–Kier alpha value is -2.17. The number of nitrogens with zero attached hydrogens (tertiary/aromatic N) is 2. The van der Waals surface area contributed by atoms with Crippen LogP contribution in [0, 0.1) is 0 Å². The number of carbonyl (C=O) groups excluding carboxylic acids is 1. The van der Waals surface area contributed by atoms with Crippen LogP contribution < -0.4 is 10.2 Å². The summed E-state index contributed by atoms with van der Waals surface area (Å²) in [6.45, 7) is 5.30. The van der Waals surface area contributed by atoms with Gasteiger partial charge in [-0.1, -0.05) is 5.16 Å². The third-order valence-electron chi connectivity index (χ3n) is 3.64. The van der Waals surface area contributed by atoms with Gasteiger partial charge in [-0.25, -0.2) is 13.9 Å². The van der Waals surface area contributed by atoms with E-state index in [9.17, 15) is 13.2 Å². The maximum atomic E-state index is 12.9. The number of benzene rings is 1. The van der Waals surface area contributed by atoms with Crippen LogP contribution in [0.5, 0.6) is 5.75 Å². The van der Waals surface area contributed by atoms with Crippen molar-refractivity contribution in [3.63, 3.8) is 0 Å². The lowest BCUT2D eigenvalue weighted by Gasteiger charge is -2.21. The Morgan fingerprint density at radius 3 is 2.42 bits per heavy atom. The molecule has 10 heteroatoms. The van der Waals surface area contributed by atoms with E-state index in [1.54, 1.807) is 20.8 Å². The molecule has 1 aliphatic heterocycles. The van der Waals surface area contributed by atoms with Gasteiger partial charge in [0.2, 0.25) is 10.0 Å². The van der Waals surface area contributed by atoms with Crippen LogP contribution in [-0.2, 0) is 19.7 Å². The molecule has 1 saturated heterocycles. The van der Waals surface area contributed by atoms with Crippen molar-refractivity contribution in [2.45, 2.75) is 43.7 Å². The van der Waals surface area contributed by atoms with Gasteiger partial charge >= 0.3 is 0 Å². The fourth-order valence-corrected chi connectivity index (χ4v) is 3.96. The number of hydrogen-bond donors (Lipinski definition) is 2. The molecule has 1 fully saturated rings. The van der Waals surface area contributed by atoms with Crippen LogP contribution in [0.1, 0.15) is 27.2 Å². The zero-order chi connectivity index (χ0) is 19.5. The van der Waals surface area contributed by atoms with Crippen LogP contribution in [-0.4, -0.2) is 54.8 Å². The summed E-state index contributed by atoms with van der Waals surface area (Å²) in [5.74, 6) is -0.320.